The van der Waals surface area contributed by atoms with Crippen LogP contribution < -0.4 is 0 Å². The van der Waals surface area contributed by atoms with Gasteiger partial charge in [-0.25, -0.2) is 8.42 Å². The minimum atomic E-state index is -2.98. The number of hydrogen-bond donors (Lipinski definition) is 0. The Labute approximate surface area is 121 Å². The van der Waals surface area contributed by atoms with Gasteiger partial charge in [-0.3, -0.25) is 4.79 Å². The average Bonchev–Trinajstić information content (AvgIpc) is 2.84. The van der Waals surface area contributed by atoms with Crippen molar-refractivity contribution < 1.29 is 13.2 Å². The van der Waals surface area contributed by atoms with Gasteiger partial charge in [0.25, 0.3) is 0 Å². The van der Waals surface area contributed by atoms with Crippen LogP contribution >= 0.6 is 0 Å². The Morgan fingerprint density at radius 1 is 0.950 bits per heavy atom. The molecule has 0 aliphatic heterocycles. The first-order chi connectivity index (χ1) is 9.47. The molecule has 0 amide bonds. The minimum absolute atomic E-state index is 0.0403. The van der Waals surface area contributed by atoms with E-state index in [9.17, 15) is 13.2 Å². The fraction of sp³-hybridized carbons (Fsp3) is 0.938. The van der Waals surface area contributed by atoms with Crippen molar-refractivity contribution in [2.75, 3.05) is 6.26 Å². The number of rotatable bonds is 3. The van der Waals surface area contributed by atoms with Gasteiger partial charge in [-0.2, -0.15) is 0 Å². The van der Waals surface area contributed by atoms with Gasteiger partial charge < -0.3 is 0 Å². The van der Waals surface area contributed by atoms with Gasteiger partial charge in [0.2, 0.25) is 0 Å². The highest BCUT2D eigenvalue weighted by molar-refractivity contribution is 7.91. The second kappa shape index (κ2) is 4.31. The van der Waals surface area contributed by atoms with Crippen LogP contribution in [0.15, 0.2) is 0 Å². The summed E-state index contributed by atoms with van der Waals surface area (Å²) >= 11 is 0. The summed E-state index contributed by atoms with van der Waals surface area (Å²) in [5.74, 6) is 3.84. The Morgan fingerprint density at radius 2 is 1.60 bits per heavy atom. The first-order valence-corrected chi connectivity index (χ1v) is 10.1. The highest BCUT2D eigenvalue weighted by Crippen LogP contribution is 2.70. The number of fused-ring (bicyclic) bond motifs is 5. The summed E-state index contributed by atoms with van der Waals surface area (Å²) in [5, 5.41) is -0.263. The molecule has 0 heterocycles. The Bertz CT molecular complexity index is 522. The Kier molecular flexibility index (Phi) is 2.87. The third-order valence-electron chi connectivity index (χ3n) is 6.70. The Morgan fingerprint density at radius 3 is 2.20 bits per heavy atom. The lowest BCUT2D eigenvalue weighted by molar-refractivity contribution is -0.126. The summed E-state index contributed by atoms with van der Waals surface area (Å²) in [5.41, 5.74) is 0. The molecule has 0 spiro atoms. The van der Waals surface area contributed by atoms with Crippen LogP contribution in [-0.2, 0) is 14.6 Å². The maximum atomic E-state index is 12.8. The third-order valence-corrected chi connectivity index (χ3v) is 8.34. The zero-order valence-electron chi connectivity index (χ0n) is 12.1. The molecule has 4 aliphatic carbocycles. The van der Waals surface area contributed by atoms with Gasteiger partial charge in [0, 0.05) is 18.1 Å². The molecule has 4 aliphatic rings. The zero-order chi connectivity index (χ0) is 14.1. The predicted octanol–water partition coefficient (Wildman–Crippen LogP) is 2.45. The van der Waals surface area contributed by atoms with Gasteiger partial charge >= 0.3 is 0 Å². The summed E-state index contributed by atoms with van der Waals surface area (Å²) < 4.78 is 23.5. The van der Waals surface area contributed by atoms with E-state index in [0.29, 0.717) is 30.0 Å². The molecule has 0 aromatic heterocycles. The lowest BCUT2D eigenvalue weighted by Crippen LogP contribution is -2.32. The van der Waals surface area contributed by atoms with E-state index in [4.69, 9.17) is 0 Å². The number of hydrogen-bond acceptors (Lipinski definition) is 3. The van der Waals surface area contributed by atoms with Crippen molar-refractivity contribution in [3.63, 3.8) is 0 Å². The molecule has 2 bridgehead atoms. The summed E-state index contributed by atoms with van der Waals surface area (Å²) in [6.07, 6.45) is 8.57. The maximum Gasteiger partial charge on any atom is 0.150 e. The number of carbonyl (C=O) groups is 1. The lowest BCUT2D eigenvalue weighted by atomic mass is 9.82. The van der Waals surface area contributed by atoms with E-state index in [1.165, 1.54) is 25.5 Å². The first-order valence-electron chi connectivity index (χ1n) is 8.19. The minimum Gasteiger partial charge on any atom is -0.299 e. The zero-order valence-corrected chi connectivity index (χ0v) is 12.9. The summed E-state index contributed by atoms with van der Waals surface area (Å²) in [6, 6.07) is 0. The van der Waals surface area contributed by atoms with Gasteiger partial charge in [-0.15, -0.1) is 0 Å². The molecule has 0 aromatic carbocycles. The topological polar surface area (TPSA) is 51.2 Å². The molecule has 4 fully saturated rings. The van der Waals surface area contributed by atoms with Gasteiger partial charge in [0.1, 0.15) is 15.6 Å². The van der Waals surface area contributed by atoms with Gasteiger partial charge in [-0.05, 0) is 62.2 Å². The molecular weight excluding hydrogens is 272 g/mol. The molecule has 0 N–H and O–H groups in total. The Balaban J connectivity index is 1.45. The molecule has 112 valence electrons. The van der Waals surface area contributed by atoms with E-state index in [2.05, 4.69) is 0 Å². The van der Waals surface area contributed by atoms with Gasteiger partial charge in [0.05, 0.1) is 5.25 Å². The third kappa shape index (κ3) is 1.90. The van der Waals surface area contributed by atoms with Crippen LogP contribution in [0.5, 0.6) is 0 Å². The van der Waals surface area contributed by atoms with Gasteiger partial charge in [0.15, 0.2) is 0 Å². The second-order valence-electron chi connectivity index (χ2n) is 7.73. The molecule has 4 rings (SSSR count). The molecule has 20 heavy (non-hydrogen) atoms. The number of ketones is 1. The SMILES string of the molecule is CS(=O)(=O)C1CCCC(C(=O)C2C3C4CCC(C4)C23)C1. The largest absolute Gasteiger partial charge is 0.299 e. The van der Waals surface area contributed by atoms with Crippen LogP contribution in [0.4, 0.5) is 0 Å². The summed E-state index contributed by atoms with van der Waals surface area (Å²) in [4.78, 5) is 12.8. The normalized spacial score (nSPS) is 50.0. The van der Waals surface area contributed by atoms with Crippen LogP contribution in [0.25, 0.3) is 0 Å². The molecule has 0 aromatic rings. The average molecular weight is 296 g/mol. The molecule has 0 saturated heterocycles. The van der Waals surface area contributed by atoms with Crippen molar-refractivity contribution in [3.05, 3.63) is 0 Å². The molecule has 0 radical (unpaired) electrons. The van der Waals surface area contributed by atoms with Crippen molar-refractivity contribution in [1.29, 1.82) is 0 Å². The second-order valence-corrected chi connectivity index (χ2v) is 10.1. The van der Waals surface area contributed by atoms with Crippen LogP contribution in [0.2, 0.25) is 0 Å². The van der Waals surface area contributed by atoms with E-state index < -0.39 is 9.84 Å². The van der Waals surface area contributed by atoms with E-state index in [1.54, 1.807) is 0 Å². The quantitative estimate of drug-likeness (QED) is 0.804. The maximum absolute atomic E-state index is 12.8. The number of Topliss-reactive ketones (excluding diaryl/α,β-unsaturated/α-hetero) is 1. The van der Waals surface area contributed by atoms with Crippen LogP contribution in [0.1, 0.15) is 44.9 Å². The van der Waals surface area contributed by atoms with E-state index >= 15 is 0 Å². The standard InChI is InChI=1S/C16H24O3S/c1-20(18,19)12-4-2-3-11(8-12)16(17)15-13-9-5-6-10(7-9)14(13)15/h9-15H,2-8H2,1H3. The van der Waals surface area contributed by atoms with Crippen molar-refractivity contribution in [1.82, 2.24) is 0 Å². The molecular formula is C16H24O3S. The molecule has 4 heteroatoms. The molecule has 6 unspecified atom stereocenters. The smallest absolute Gasteiger partial charge is 0.150 e. The fourth-order valence-electron chi connectivity index (χ4n) is 5.77. The molecule has 6 atom stereocenters. The lowest BCUT2D eigenvalue weighted by Gasteiger charge is -2.27. The van der Waals surface area contributed by atoms with E-state index in [-0.39, 0.29) is 11.2 Å². The predicted molar refractivity (Wildman–Crippen MR) is 76.9 cm³/mol. The Hall–Kier alpha value is -0.380. The molecule has 3 nitrogen and oxygen atoms in total. The van der Waals surface area contributed by atoms with Gasteiger partial charge in [-0.1, -0.05) is 6.42 Å². The number of carbonyl (C=O) groups excluding carboxylic acids is 1. The highest BCUT2D eigenvalue weighted by Gasteiger charge is 2.67. The van der Waals surface area contributed by atoms with E-state index in [0.717, 1.165) is 31.1 Å². The van der Waals surface area contributed by atoms with Crippen molar-refractivity contribution in [3.8, 4) is 0 Å². The summed E-state index contributed by atoms with van der Waals surface area (Å²) in [7, 11) is -2.98. The van der Waals surface area contributed by atoms with Crippen LogP contribution in [-0.4, -0.2) is 25.7 Å². The van der Waals surface area contributed by atoms with E-state index in [1.807, 2.05) is 0 Å². The molecule has 4 saturated carbocycles. The van der Waals surface area contributed by atoms with Crippen molar-refractivity contribution >= 4 is 15.6 Å². The van der Waals surface area contributed by atoms with Crippen LogP contribution in [0.3, 0.4) is 0 Å². The first kappa shape index (κ1) is 13.3. The van der Waals surface area contributed by atoms with Crippen molar-refractivity contribution in [2.45, 2.75) is 50.2 Å². The number of sulfone groups is 1. The summed E-state index contributed by atoms with van der Waals surface area (Å²) in [6.45, 7) is 0. The fourth-order valence-corrected chi connectivity index (χ4v) is 6.95. The van der Waals surface area contributed by atoms with Crippen LogP contribution in [0, 0.1) is 35.5 Å². The van der Waals surface area contributed by atoms with Crippen molar-refractivity contribution in [2.24, 2.45) is 35.5 Å². The monoisotopic (exact) mass is 296 g/mol. The highest BCUT2D eigenvalue weighted by atomic mass is 32.2.